The molecule has 35 heavy (non-hydrogen) atoms. The first-order valence-electron chi connectivity index (χ1n) is 11.0. The Morgan fingerprint density at radius 1 is 1.06 bits per heavy atom. The molecule has 1 aliphatic rings. The van der Waals surface area contributed by atoms with E-state index in [0.29, 0.717) is 39.5 Å². The normalized spacial score (nSPS) is 14.7. The number of fused-ring (bicyclic) bond motifs is 2. The fourth-order valence-electron chi connectivity index (χ4n) is 4.49. The maximum Gasteiger partial charge on any atom is 0.307 e. The molecule has 0 saturated carbocycles. The Kier molecular flexibility index (Phi) is 6.32. The average molecular weight is 507 g/mol. The van der Waals surface area contributed by atoms with Gasteiger partial charge in [0.2, 0.25) is 0 Å². The van der Waals surface area contributed by atoms with Crippen molar-refractivity contribution in [3.8, 4) is 16.9 Å². The van der Waals surface area contributed by atoms with Gasteiger partial charge in [0.1, 0.15) is 5.75 Å². The Morgan fingerprint density at radius 3 is 2.60 bits per heavy atom. The molecule has 0 saturated heterocycles. The van der Waals surface area contributed by atoms with Crippen molar-refractivity contribution in [1.82, 2.24) is 10.3 Å². The zero-order valence-corrected chi connectivity index (χ0v) is 19.9. The number of carboxylic acid groups (broad SMARTS) is 1. The number of aliphatic carboxylic acids is 1. The molecule has 0 spiro atoms. The highest BCUT2D eigenvalue weighted by Gasteiger charge is 2.26. The van der Waals surface area contributed by atoms with E-state index in [-0.39, 0.29) is 23.9 Å². The van der Waals surface area contributed by atoms with Crippen LogP contribution in [0.1, 0.15) is 33.9 Å². The lowest BCUT2D eigenvalue weighted by Gasteiger charge is -2.27. The fourth-order valence-corrected chi connectivity index (χ4v) is 5.01. The summed E-state index contributed by atoms with van der Waals surface area (Å²) in [5.74, 6) is -0.691. The number of ether oxygens (including phenoxy) is 1. The first kappa shape index (κ1) is 23.1. The lowest BCUT2D eigenvalue weighted by Crippen LogP contribution is -2.33. The predicted octanol–water partition coefficient (Wildman–Crippen LogP) is 6.09. The van der Waals surface area contributed by atoms with Crippen LogP contribution < -0.4 is 10.1 Å². The van der Waals surface area contributed by atoms with Gasteiger partial charge in [0.15, 0.2) is 0 Å². The summed E-state index contributed by atoms with van der Waals surface area (Å²) >= 11 is 12.4. The molecule has 1 aliphatic heterocycles. The van der Waals surface area contributed by atoms with E-state index in [4.69, 9.17) is 27.9 Å². The van der Waals surface area contributed by atoms with Crippen LogP contribution in [0.2, 0.25) is 10.0 Å². The minimum absolute atomic E-state index is 0.227. The monoisotopic (exact) mass is 506 g/mol. The van der Waals surface area contributed by atoms with Crippen molar-refractivity contribution in [2.24, 2.45) is 0 Å². The number of para-hydroxylation sites is 2. The molecule has 1 aromatic heterocycles. The third-order valence-electron chi connectivity index (χ3n) is 6.02. The van der Waals surface area contributed by atoms with E-state index in [1.807, 2.05) is 30.3 Å². The highest BCUT2D eigenvalue weighted by Crippen LogP contribution is 2.35. The molecule has 176 valence electrons. The van der Waals surface area contributed by atoms with Gasteiger partial charge in [-0.15, -0.1) is 0 Å². The Balaban J connectivity index is 1.59. The lowest BCUT2D eigenvalue weighted by atomic mass is 9.95. The number of hydrogen-bond donors (Lipinski definition) is 2. The summed E-state index contributed by atoms with van der Waals surface area (Å²) in [6.45, 7) is 0.478. The molecule has 2 heterocycles. The smallest absolute Gasteiger partial charge is 0.307 e. The van der Waals surface area contributed by atoms with Crippen molar-refractivity contribution >= 4 is 46.0 Å². The molecule has 5 rings (SSSR count). The number of hydrogen-bond acceptors (Lipinski definition) is 4. The summed E-state index contributed by atoms with van der Waals surface area (Å²) in [6, 6.07) is 17.9. The van der Waals surface area contributed by atoms with Gasteiger partial charge in [0, 0.05) is 39.2 Å². The van der Waals surface area contributed by atoms with Crippen molar-refractivity contribution < 1.29 is 19.4 Å². The number of benzene rings is 3. The molecule has 1 amide bonds. The Morgan fingerprint density at radius 2 is 1.83 bits per heavy atom. The highest BCUT2D eigenvalue weighted by molar-refractivity contribution is 6.35. The lowest BCUT2D eigenvalue weighted by molar-refractivity contribution is -0.136. The molecule has 0 fully saturated rings. The third kappa shape index (κ3) is 4.67. The second-order valence-electron chi connectivity index (χ2n) is 8.28. The Hall–Kier alpha value is -3.61. The topological polar surface area (TPSA) is 88.5 Å². The number of pyridine rings is 1. The quantitative estimate of drug-likeness (QED) is 0.341. The van der Waals surface area contributed by atoms with E-state index in [0.717, 1.165) is 22.4 Å². The maximum absolute atomic E-state index is 13.4. The summed E-state index contributed by atoms with van der Waals surface area (Å²) in [5.41, 5.74) is 3.57. The highest BCUT2D eigenvalue weighted by atomic mass is 35.5. The van der Waals surface area contributed by atoms with Crippen LogP contribution in [-0.4, -0.2) is 28.6 Å². The van der Waals surface area contributed by atoms with Crippen LogP contribution in [0.25, 0.3) is 22.0 Å². The number of amides is 1. The number of rotatable bonds is 5. The Bertz CT molecular complexity index is 1450. The van der Waals surface area contributed by atoms with Crippen LogP contribution in [0.5, 0.6) is 5.75 Å². The van der Waals surface area contributed by atoms with Gasteiger partial charge in [0.25, 0.3) is 5.91 Å². The van der Waals surface area contributed by atoms with Gasteiger partial charge in [-0.1, -0.05) is 59.6 Å². The summed E-state index contributed by atoms with van der Waals surface area (Å²) in [7, 11) is 0. The summed E-state index contributed by atoms with van der Waals surface area (Å²) in [6.07, 6.45) is 1.72. The molecule has 0 bridgehead atoms. The van der Waals surface area contributed by atoms with Crippen LogP contribution in [0.3, 0.4) is 0 Å². The maximum atomic E-state index is 13.4. The van der Waals surface area contributed by atoms with Crippen molar-refractivity contribution in [3.63, 3.8) is 0 Å². The molecule has 0 aliphatic carbocycles. The van der Waals surface area contributed by atoms with Crippen molar-refractivity contribution in [2.75, 3.05) is 6.61 Å². The van der Waals surface area contributed by atoms with Gasteiger partial charge in [-0.05, 0) is 35.4 Å². The molecular weight excluding hydrogens is 487 g/mol. The van der Waals surface area contributed by atoms with Crippen molar-refractivity contribution in [3.05, 3.63) is 93.6 Å². The minimum Gasteiger partial charge on any atom is -0.493 e. The van der Waals surface area contributed by atoms with Crippen LogP contribution >= 0.6 is 23.2 Å². The fraction of sp³-hybridized carbons (Fsp3) is 0.148. The van der Waals surface area contributed by atoms with Crippen LogP contribution in [-0.2, 0) is 11.2 Å². The van der Waals surface area contributed by atoms with Crippen molar-refractivity contribution in [1.29, 1.82) is 0 Å². The molecule has 6 nitrogen and oxygen atoms in total. The molecular formula is C27H20Cl2N2O4. The summed E-state index contributed by atoms with van der Waals surface area (Å²) < 4.78 is 5.69. The molecule has 0 radical (unpaired) electrons. The van der Waals surface area contributed by atoms with Crippen LogP contribution in [0.4, 0.5) is 0 Å². The predicted molar refractivity (Wildman–Crippen MR) is 135 cm³/mol. The second-order valence-corrected chi connectivity index (χ2v) is 9.15. The number of nitrogens with zero attached hydrogens (tertiary/aromatic N) is 1. The van der Waals surface area contributed by atoms with Crippen LogP contribution in [0.15, 0.2) is 66.9 Å². The van der Waals surface area contributed by atoms with Crippen LogP contribution in [0, 0.1) is 0 Å². The van der Waals surface area contributed by atoms with E-state index >= 15 is 0 Å². The molecule has 3 aromatic carbocycles. The zero-order valence-electron chi connectivity index (χ0n) is 18.4. The van der Waals surface area contributed by atoms with Gasteiger partial charge in [-0.3, -0.25) is 14.6 Å². The third-order valence-corrected chi connectivity index (χ3v) is 6.46. The van der Waals surface area contributed by atoms with Gasteiger partial charge in [0.05, 0.1) is 30.1 Å². The molecule has 8 heteroatoms. The van der Waals surface area contributed by atoms with Gasteiger partial charge < -0.3 is 15.2 Å². The van der Waals surface area contributed by atoms with E-state index in [9.17, 15) is 14.7 Å². The minimum atomic E-state index is -1.04. The largest absolute Gasteiger partial charge is 0.493 e. The molecule has 0 unspecified atom stereocenters. The van der Waals surface area contributed by atoms with E-state index < -0.39 is 5.97 Å². The van der Waals surface area contributed by atoms with Gasteiger partial charge >= 0.3 is 5.97 Å². The Labute approximate surface area is 211 Å². The number of carboxylic acids is 1. The number of carbonyl (C=O) groups excluding carboxylic acids is 1. The molecule has 2 N–H and O–H groups in total. The summed E-state index contributed by atoms with van der Waals surface area (Å²) in [5, 5.41) is 14.2. The first-order chi connectivity index (χ1) is 16.9. The number of carbonyl (C=O) groups is 2. The number of aromatic nitrogens is 1. The number of nitrogens with one attached hydrogen (secondary N) is 1. The number of halogens is 2. The summed E-state index contributed by atoms with van der Waals surface area (Å²) in [4.78, 5) is 29.8. The van der Waals surface area contributed by atoms with Gasteiger partial charge in [-0.2, -0.15) is 0 Å². The average Bonchev–Trinajstić information content (AvgIpc) is 2.83. The van der Waals surface area contributed by atoms with Gasteiger partial charge in [-0.25, -0.2) is 0 Å². The molecule has 1 atom stereocenters. The van der Waals surface area contributed by atoms with E-state index in [1.54, 1.807) is 30.3 Å². The van der Waals surface area contributed by atoms with E-state index in [2.05, 4.69) is 10.3 Å². The SMILES string of the molecule is O=C(O)Cc1c(C(=O)N[C@H]2CCOc3ccccc32)cnc2c(-c3cc(Cl)cc(Cl)c3)cccc12. The van der Waals surface area contributed by atoms with E-state index in [1.165, 1.54) is 6.20 Å². The standard InChI is InChI=1S/C27H20Cl2N2O4/c28-16-10-15(11-17(29)12-16)18-5-3-6-19-21(13-25(32)33)22(14-30-26(18)19)27(34)31-23-8-9-35-24-7-2-1-4-20(23)24/h1-7,10-12,14,23H,8-9,13H2,(H,31,34)(H,32,33)/t23-/m0/s1. The van der Waals surface area contributed by atoms with Crippen molar-refractivity contribution in [2.45, 2.75) is 18.9 Å². The molecule has 4 aromatic rings. The second kappa shape index (κ2) is 9.56. The zero-order chi connectivity index (χ0) is 24.5. The first-order valence-corrected chi connectivity index (χ1v) is 11.8.